The van der Waals surface area contributed by atoms with Crippen LogP contribution in [0.5, 0.6) is 0 Å². The lowest BCUT2D eigenvalue weighted by atomic mass is 10.0. The minimum atomic E-state index is 0.0930. The van der Waals surface area contributed by atoms with E-state index in [2.05, 4.69) is 47.7 Å². The smallest absolute Gasteiger partial charge is 0.145 e. The number of nitrogens with one attached hydrogen (secondary N) is 1. The van der Waals surface area contributed by atoms with Gasteiger partial charge in [0.1, 0.15) is 6.10 Å². The first-order valence-electron chi connectivity index (χ1n) is 7.45. The zero-order valence-corrected chi connectivity index (χ0v) is 13.3. The van der Waals surface area contributed by atoms with Gasteiger partial charge in [-0.3, -0.25) is 0 Å². The van der Waals surface area contributed by atoms with E-state index >= 15 is 0 Å². The Morgan fingerprint density at radius 3 is 2.82 bits per heavy atom. The Kier molecular flexibility index (Phi) is 4.76. The van der Waals surface area contributed by atoms with Gasteiger partial charge in [0.25, 0.3) is 0 Å². The minimum Gasteiger partial charge on any atom is -0.390 e. The molecular formula is C18H19ClN2O. The number of halogens is 1. The third kappa shape index (κ3) is 3.87. The predicted molar refractivity (Wildman–Crippen MR) is 90.4 cm³/mol. The van der Waals surface area contributed by atoms with Crippen LogP contribution in [-0.2, 0) is 11.4 Å². The van der Waals surface area contributed by atoms with E-state index in [0.717, 1.165) is 35.8 Å². The fraction of sp³-hybridized carbons (Fsp3) is 0.278. The van der Waals surface area contributed by atoms with Gasteiger partial charge in [-0.2, -0.15) is 0 Å². The molecule has 0 aromatic heterocycles. The fourth-order valence-corrected chi connectivity index (χ4v) is 2.69. The zero-order chi connectivity index (χ0) is 15.4. The zero-order valence-electron chi connectivity index (χ0n) is 12.6. The molecule has 0 fully saturated rings. The number of rotatable bonds is 5. The van der Waals surface area contributed by atoms with Crippen LogP contribution in [0.2, 0.25) is 5.02 Å². The fourth-order valence-electron chi connectivity index (χ4n) is 2.48. The Hall–Kier alpha value is -1.84. The molecule has 4 heteroatoms. The van der Waals surface area contributed by atoms with Crippen molar-refractivity contribution in [3.8, 4) is 0 Å². The monoisotopic (exact) mass is 314 g/mol. The Morgan fingerprint density at radius 2 is 2.05 bits per heavy atom. The molecule has 0 spiro atoms. The van der Waals surface area contributed by atoms with Crippen LogP contribution >= 0.6 is 11.6 Å². The van der Waals surface area contributed by atoms with Crippen molar-refractivity contribution in [3.63, 3.8) is 0 Å². The van der Waals surface area contributed by atoms with E-state index in [-0.39, 0.29) is 6.10 Å². The van der Waals surface area contributed by atoms with Gasteiger partial charge in [-0.1, -0.05) is 58.7 Å². The van der Waals surface area contributed by atoms with Crippen molar-refractivity contribution in [2.75, 3.05) is 6.54 Å². The quantitative estimate of drug-likeness (QED) is 0.907. The van der Waals surface area contributed by atoms with E-state index in [1.807, 2.05) is 18.2 Å². The molecule has 3 rings (SSSR count). The Morgan fingerprint density at radius 1 is 1.23 bits per heavy atom. The van der Waals surface area contributed by atoms with Crippen molar-refractivity contribution in [1.29, 1.82) is 0 Å². The van der Waals surface area contributed by atoms with Crippen molar-refractivity contribution < 1.29 is 4.84 Å². The second kappa shape index (κ2) is 6.95. The summed E-state index contributed by atoms with van der Waals surface area (Å²) in [7, 11) is 0. The second-order valence-corrected chi connectivity index (χ2v) is 6.03. The van der Waals surface area contributed by atoms with E-state index < -0.39 is 0 Å². The highest BCUT2D eigenvalue weighted by Gasteiger charge is 2.21. The molecule has 2 aromatic rings. The van der Waals surface area contributed by atoms with Crippen LogP contribution in [0.3, 0.4) is 0 Å². The summed E-state index contributed by atoms with van der Waals surface area (Å²) in [6.07, 6.45) is 0.932. The van der Waals surface area contributed by atoms with Crippen molar-refractivity contribution in [3.05, 3.63) is 70.2 Å². The molecule has 114 valence electrons. The minimum absolute atomic E-state index is 0.0930. The summed E-state index contributed by atoms with van der Waals surface area (Å²) in [4.78, 5) is 5.51. The van der Waals surface area contributed by atoms with Gasteiger partial charge in [-0.25, -0.2) is 0 Å². The van der Waals surface area contributed by atoms with Crippen LogP contribution in [0.25, 0.3) is 0 Å². The van der Waals surface area contributed by atoms with Gasteiger partial charge in [0, 0.05) is 24.5 Å². The molecule has 1 atom stereocenters. The molecule has 0 bridgehead atoms. The molecular weight excluding hydrogens is 296 g/mol. The maximum Gasteiger partial charge on any atom is 0.145 e. The predicted octanol–water partition coefficient (Wildman–Crippen LogP) is 3.93. The molecule has 1 aliphatic heterocycles. The average molecular weight is 315 g/mol. The molecule has 1 aliphatic rings. The highest BCUT2D eigenvalue weighted by atomic mass is 35.5. The molecule has 0 amide bonds. The normalized spacial score (nSPS) is 17.2. The summed E-state index contributed by atoms with van der Waals surface area (Å²) < 4.78 is 0. The van der Waals surface area contributed by atoms with Gasteiger partial charge in [0.05, 0.1) is 5.71 Å². The number of benzene rings is 2. The van der Waals surface area contributed by atoms with Crippen molar-refractivity contribution >= 4 is 17.3 Å². The SMILES string of the molecule is Cc1ccc(C2=NO[C@@H](CNCc3cccc(Cl)c3)C2)cc1. The molecule has 1 N–H and O–H groups in total. The molecule has 3 nitrogen and oxygen atoms in total. The second-order valence-electron chi connectivity index (χ2n) is 5.60. The molecule has 0 aliphatic carbocycles. The summed E-state index contributed by atoms with van der Waals surface area (Å²) in [6, 6.07) is 16.3. The third-order valence-corrected chi connectivity index (χ3v) is 3.94. The number of hydrogen-bond acceptors (Lipinski definition) is 3. The van der Waals surface area contributed by atoms with Crippen LogP contribution in [0, 0.1) is 6.92 Å². The molecule has 0 saturated carbocycles. The maximum absolute atomic E-state index is 5.98. The van der Waals surface area contributed by atoms with Gasteiger partial charge in [0.2, 0.25) is 0 Å². The van der Waals surface area contributed by atoms with E-state index in [4.69, 9.17) is 16.4 Å². The van der Waals surface area contributed by atoms with Crippen molar-refractivity contribution in [2.45, 2.75) is 26.0 Å². The van der Waals surface area contributed by atoms with Gasteiger partial charge in [-0.05, 0) is 30.2 Å². The molecule has 0 radical (unpaired) electrons. The average Bonchev–Trinajstić information content (AvgIpc) is 2.97. The van der Waals surface area contributed by atoms with Crippen LogP contribution in [0.15, 0.2) is 53.7 Å². The largest absolute Gasteiger partial charge is 0.390 e. The lowest BCUT2D eigenvalue weighted by Crippen LogP contribution is -2.26. The highest BCUT2D eigenvalue weighted by molar-refractivity contribution is 6.30. The Labute approximate surface area is 135 Å². The van der Waals surface area contributed by atoms with Gasteiger partial charge < -0.3 is 10.2 Å². The van der Waals surface area contributed by atoms with Crippen LogP contribution in [-0.4, -0.2) is 18.4 Å². The molecule has 1 heterocycles. The van der Waals surface area contributed by atoms with Gasteiger partial charge in [0.15, 0.2) is 0 Å². The molecule has 22 heavy (non-hydrogen) atoms. The summed E-state index contributed by atoms with van der Waals surface area (Å²) in [5.74, 6) is 0. The standard InChI is InChI=1S/C18H19ClN2O/c1-13-5-7-15(8-6-13)18-10-17(22-21-18)12-20-11-14-3-2-4-16(19)9-14/h2-9,17,20H,10-12H2,1H3/t17-/m1/s1. The highest BCUT2D eigenvalue weighted by Crippen LogP contribution is 2.17. The topological polar surface area (TPSA) is 33.6 Å². The third-order valence-electron chi connectivity index (χ3n) is 3.71. The number of hydrogen-bond donors (Lipinski definition) is 1. The Bertz CT molecular complexity index is 667. The first-order valence-corrected chi connectivity index (χ1v) is 7.83. The maximum atomic E-state index is 5.98. The van der Waals surface area contributed by atoms with Crippen LogP contribution in [0.1, 0.15) is 23.1 Å². The summed E-state index contributed by atoms with van der Waals surface area (Å²) >= 11 is 5.98. The van der Waals surface area contributed by atoms with E-state index in [1.54, 1.807) is 0 Å². The summed E-state index contributed by atoms with van der Waals surface area (Å²) in [5.41, 5.74) is 4.59. The number of nitrogens with zero attached hydrogens (tertiary/aromatic N) is 1. The van der Waals surface area contributed by atoms with Crippen LogP contribution in [0.4, 0.5) is 0 Å². The first kappa shape index (κ1) is 15.1. The molecule has 0 unspecified atom stereocenters. The first-order chi connectivity index (χ1) is 10.7. The summed E-state index contributed by atoms with van der Waals surface area (Å²) in [5, 5.41) is 8.37. The molecule has 0 saturated heterocycles. The van der Waals surface area contributed by atoms with Crippen molar-refractivity contribution in [2.24, 2.45) is 5.16 Å². The van der Waals surface area contributed by atoms with Crippen molar-refractivity contribution in [1.82, 2.24) is 5.32 Å². The van der Waals surface area contributed by atoms with Gasteiger partial charge in [-0.15, -0.1) is 0 Å². The summed E-state index contributed by atoms with van der Waals surface area (Å²) in [6.45, 7) is 3.63. The van der Waals surface area contributed by atoms with E-state index in [0.29, 0.717) is 0 Å². The van der Waals surface area contributed by atoms with E-state index in [9.17, 15) is 0 Å². The van der Waals surface area contributed by atoms with E-state index in [1.165, 1.54) is 11.1 Å². The lowest BCUT2D eigenvalue weighted by molar-refractivity contribution is 0.0848. The number of aryl methyl sites for hydroxylation is 1. The van der Waals surface area contributed by atoms with Crippen LogP contribution < -0.4 is 5.32 Å². The number of oxime groups is 1. The Balaban J connectivity index is 1.47. The van der Waals surface area contributed by atoms with Gasteiger partial charge >= 0.3 is 0 Å². The molecule has 2 aromatic carbocycles. The lowest BCUT2D eigenvalue weighted by Gasteiger charge is -2.10.